The Balaban J connectivity index is 1.96. The van der Waals surface area contributed by atoms with E-state index in [0.29, 0.717) is 17.8 Å². The van der Waals surface area contributed by atoms with Crippen molar-refractivity contribution in [2.75, 3.05) is 30.7 Å². The van der Waals surface area contributed by atoms with Crippen molar-refractivity contribution in [3.8, 4) is 0 Å². The molecule has 104 valence electrons. The molecule has 5 heteroatoms. The first-order chi connectivity index (χ1) is 9.20. The van der Waals surface area contributed by atoms with Crippen LogP contribution in [0.4, 0.5) is 11.4 Å². The summed E-state index contributed by atoms with van der Waals surface area (Å²) >= 11 is 0. The van der Waals surface area contributed by atoms with Crippen molar-refractivity contribution in [2.24, 2.45) is 0 Å². The van der Waals surface area contributed by atoms with Gasteiger partial charge in [0.2, 0.25) is 0 Å². The number of anilines is 2. The molecule has 0 aromatic heterocycles. The van der Waals surface area contributed by atoms with Gasteiger partial charge in [-0.05, 0) is 38.0 Å². The predicted molar refractivity (Wildman–Crippen MR) is 76.3 cm³/mol. The number of rotatable bonds is 5. The summed E-state index contributed by atoms with van der Waals surface area (Å²) in [4.78, 5) is 11.7. The molecule has 0 bridgehead atoms. The molecule has 1 fully saturated rings. The first-order valence-corrected chi connectivity index (χ1v) is 6.74. The summed E-state index contributed by atoms with van der Waals surface area (Å²) in [7, 11) is 0. The van der Waals surface area contributed by atoms with Crippen LogP contribution in [0, 0.1) is 0 Å². The van der Waals surface area contributed by atoms with E-state index in [-0.39, 0.29) is 12.0 Å². The molecule has 2 rings (SSSR count). The van der Waals surface area contributed by atoms with Gasteiger partial charge in [0, 0.05) is 25.3 Å². The first-order valence-electron chi connectivity index (χ1n) is 6.74. The normalized spacial score (nSPS) is 18.3. The largest absolute Gasteiger partial charge is 0.397 e. The van der Waals surface area contributed by atoms with Gasteiger partial charge < -0.3 is 21.1 Å². The van der Waals surface area contributed by atoms with Crippen LogP contribution in [0.5, 0.6) is 0 Å². The average Bonchev–Trinajstić information content (AvgIpc) is 2.90. The van der Waals surface area contributed by atoms with E-state index in [0.717, 1.165) is 31.7 Å². The van der Waals surface area contributed by atoms with Crippen LogP contribution in [0.3, 0.4) is 0 Å². The van der Waals surface area contributed by atoms with Gasteiger partial charge in [-0.25, -0.2) is 0 Å². The van der Waals surface area contributed by atoms with Crippen molar-refractivity contribution in [1.82, 2.24) is 5.32 Å². The molecule has 1 atom stereocenters. The minimum atomic E-state index is -0.0973. The number of carbonyl (C=O) groups excluding carboxylic acids is 1. The van der Waals surface area contributed by atoms with Gasteiger partial charge in [0.1, 0.15) is 0 Å². The maximum Gasteiger partial charge on any atom is 0.251 e. The minimum absolute atomic E-state index is 0.0973. The van der Waals surface area contributed by atoms with Gasteiger partial charge in [0.05, 0.1) is 17.5 Å². The summed E-state index contributed by atoms with van der Waals surface area (Å²) in [6.45, 7) is 4.10. The van der Waals surface area contributed by atoms with Crippen LogP contribution < -0.4 is 16.4 Å². The molecule has 4 N–H and O–H groups in total. The van der Waals surface area contributed by atoms with E-state index in [9.17, 15) is 4.79 Å². The second-order valence-corrected chi connectivity index (χ2v) is 4.68. The van der Waals surface area contributed by atoms with Gasteiger partial charge in [-0.15, -0.1) is 0 Å². The van der Waals surface area contributed by atoms with Crippen LogP contribution in [0.2, 0.25) is 0 Å². The summed E-state index contributed by atoms with van der Waals surface area (Å²) in [5.41, 5.74) is 7.98. The molecule has 19 heavy (non-hydrogen) atoms. The zero-order chi connectivity index (χ0) is 13.7. The van der Waals surface area contributed by atoms with Crippen LogP contribution in [0.1, 0.15) is 30.1 Å². The molecule has 5 nitrogen and oxygen atoms in total. The SMILES string of the molecule is CCNC(=O)c1ccc(NCC2CCCO2)c(N)c1. The van der Waals surface area contributed by atoms with Crippen molar-refractivity contribution >= 4 is 17.3 Å². The number of nitrogens with two attached hydrogens (primary N) is 1. The Morgan fingerprint density at radius 1 is 1.53 bits per heavy atom. The van der Waals surface area contributed by atoms with E-state index < -0.39 is 0 Å². The molecular formula is C14H21N3O2. The van der Waals surface area contributed by atoms with E-state index in [1.807, 2.05) is 13.0 Å². The molecule has 1 aliphatic heterocycles. The summed E-state index contributed by atoms with van der Waals surface area (Å²) in [6.07, 6.45) is 2.48. The van der Waals surface area contributed by atoms with Crippen molar-refractivity contribution in [1.29, 1.82) is 0 Å². The van der Waals surface area contributed by atoms with Crippen LogP contribution >= 0.6 is 0 Å². The topological polar surface area (TPSA) is 76.4 Å². The van der Waals surface area contributed by atoms with Crippen molar-refractivity contribution in [3.63, 3.8) is 0 Å². The number of nitrogen functional groups attached to an aromatic ring is 1. The third kappa shape index (κ3) is 3.61. The van der Waals surface area contributed by atoms with E-state index >= 15 is 0 Å². The maximum atomic E-state index is 11.7. The summed E-state index contributed by atoms with van der Waals surface area (Å²) < 4.78 is 5.54. The summed E-state index contributed by atoms with van der Waals surface area (Å²) in [5, 5.41) is 6.02. The van der Waals surface area contributed by atoms with Crippen LogP contribution in [-0.2, 0) is 4.74 Å². The van der Waals surface area contributed by atoms with Gasteiger partial charge in [0.15, 0.2) is 0 Å². The van der Waals surface area contributed by atoms with E-state index in [2.05, 4.69) is 10.6 Å². The van der Waals surface area contributed by atoms with Gasteiger partial charge in [-0.1, -0.05) is 0 Å². The minimum Gasteiger partial charge on any atom is -0.397 e. The highest BCUT2D eigenvalue weighted by molar-refractivity contribution is 5.96. The molecule has 1 aromatic carbocycles. The number of ether oxygens (including phenoxy) is 1. The fourth-order valence-electron chi connectivity index (χ4n) is 2.16. The predicted octanol–water partition coefficient (Wildman–Crippen LogP) is 1.61. The highest BCUT2D eigenvalue weighted by Gasteiger charge is 2.15. The smallest absolute Gasteiger partial charge is 0.251 e. The molecule has 1 saturated heterocycles. The van der Waals surface area contributed by atoms with Crippen LogP contribution in [0.15, 0.2) is 18.2 Å². The Bertz CT molecular complexity index is 442. The average molecular weight is 263 g/mol. The monoisotopic (exact) mass is 263 g/mol. The number of benzene rings is 1. The number of hydrogen-bond acceptors (Lipinski definition) is 4. The quantitative estimate of drug-likeness (QED) is 0.705. The molecule has 1 heterocycles. The summed E-state index contributed by atoms with van der Waals surface area (Å²) in [5.74, 6) is -0.0973. The Kier molecular flexibility index (Phi) is 4.63. The zero-order valence-electron chi connectivity index (χ0n) is 11.2. The van der Waals surface area contributed by atoms with Crippen molar-refractivity contribution < 1.29 is 9.53 Å². The van der Waals surface area contributed by atoms with E-state index in [1.165, 1.54) is 0 Å². The Labute approximate surface area is 113 Å². The number of carbonyl (C=O) groups is 1. The van der Waals surface area contributed by atoms with Crippen LogP contribution in [0.25, 0.3) is 0 Å². The van der Waals surface area contributed by atoms with Gasteiger partial charge >= 0.3 is 0 Å². The van der Waals surface area contributed by atoms with Crippen molar-refractivity contribution in [2.45, 2.75) is 25.9 Å². The van der Waals surface area contributed by atoms with Crippen molar-refractivity contribution in [3.05, 3.63) is 23.8 Å². The van der Waals surface area contributed by atoms with E-state index in [1.54, 1.807) is 12.1 Å². The molecule has 1 amide bonds. The van der Waals surface area contributed by atoms with E-state index in [4.69, 9.17) is 10.5 Å². The molecule has 0 spiro atoms. The Hall–Kier alpha value is -1.75. The molecular weight excluding hydrogens is 242 g/mol. The summed E-state index contributed by atoms with van der Waals surface area (Å²) in [6, 6.07) is 5.32. The molecule has 0 aliphatic carbocycles. The first kappa shape index (κ1) is 13.7. The standard InChI is InChI=1S/C14H21N3O2/c1-2-16-14(18)10-5-6-13(12(15)8-10)17-9-11-4-3-7-19-11/h5-6,8,11,17H,2-4,7,9,15H2,1H3,(H,16,18). The lowest BCUT2D eigenvalue weighted by molar-refractivity contribution is 0.0956. The Morgan fingerprint density at radius 2 is 2.37 bits per heavy atom. The van der Waals surface area contributed by atoms with Gasteiger partial charge in [-0.2, -0.15) is 0 Å². The number of amides is 1. The Morgan fingerprint density at radius 3 is 3.00 bits per heavy atom. The highest BCUT2D eigenvalue weighted by atomic mass is 16.5. The lowest BCUT2D eigenvalue weighted by Gasteiger charge is -2.14. The highest BCUT2D eigenvalue weighted by Crippen LogP contribution is 2.21. The molecule has 0 radical (unpaired) electrons. The molecule has 1 aliphatic rings. The lowest BCUT2D eigenvalue weighted by atomic mass is 10.1. The van der Waals surface area contributed by atoms with Gasteiger partial charge in [0.25, 0.3) is 5.91 Å². The fourth-order valence-corrected chi connectivity index (χ4v) is 2.16. The number of nitrogens with one attached hydrogen (secondary N) is 2. The second kappa shape index (κ2) is 6.43. The van der Waals surface area contributed by atoms with Gasteiger partial charge in [-0.3, -0.25) is 4.79 Å². The fraction of sp³-hybridized carbons (Fsp3) is 0.500. The molecule has 1 aromatic rings. The number of hydrogen-bond donors (Lipinski definition) is 3. The second-order valence-electron chi connectivity index (χ2n) is 4.68. The third-order valence-corrected chi connectivity index (χ3v) is 3.20. The third-order valence-electron chi connectivity index (χ3n) is 3.20. The zero-order valence-corrected chi connectivity index (χ0v) is 11.2. The van der Waals surface area contributed by atoms with Crippen LogP contribution in [-0.4, -0.2) is 31.7 Å². The molecule has 1 unspecified atom stereocenters. The maximum absolute atomic E-state index is 11.7. The molecule has 0 saturated carbocycles. The lowest BCUT2D eigenvalue weighted by Crippen LogP contribution is -2.23.